The van der Waals surface area contributed by atoms with Crippen LogP contribution in [0.5, 0.6) is 5.75 Å². The van der Waals surface area contributed by atoms with Crippen LogP contribution in [0, 0.1) is 5.92 Å². The molecule has 136 valence electrons. The Labute approximate surface area is 155 Å². The number of rotatable bonds is 5. The van der Waals surface area contributed by atoms with Gasteiger partial charge >= 0.3 is 0 Å². The number of hydrogen-bond donors (Lipinski definition) is 1. The Balaban J connectivity index is 1.44. The third kappa shape index (κ3) is 3.34. The fourth-order valence-electron chi connectivity index (χ4n) is 4.55. The minimum absolute atomic E-state index is 0.0771. The molecule has 2 fully saturated rings. The SMILES string of the molecule is COc1cccc(CNC(=O)[C@@H]2C[C@H](c3ccccc3)N3CCC[C@@H]23)c1. The predicted octanol–water partition coefficient (Wildman–Crippen LogP) is 3.54. The van der Waals surface area contributed by atoms with E-state index < -0.39 is 0 Å². The number of methoxy groups -OCH3 is 1. The summed E-state index contributed by atoms with van der Waals surface area (Å²) in [6.07, 6.45) is 3.23. The summed E-state index contributed by atoms with van der Waals surface area (Å²) in [5.41, 5.74) is 2.40. The van der Waals surface area contributed by atoms with E-state index in [1.54, 1.807) is 7.11 Å². The van der Waals surface area contributed by atoms with E-state index in [0.29, 0.717) is 18.6 Å². The van der Waals surface area contributed by atoms with Gasteiger partial charge in [-0.3, -0.25) is 9.69 Å². The number of benzene rings is 2. The molecular weight excluding hydrogens is 324 g/mol. The number of carbonyl (C=O) groups excluding carboxylic acids is 1. The summed E-state index contributed by atoms with van der Waals surface area (Å²) < 4.78 is 5.26. The highest BCUT2D eigenvalue weighted by atomic mass is 16.5. The first-order chi connectivity index (χ1) is 12.8. The van der Waals surface area contributed by atoms with E-state index >= 15 is 0 Å². The Bertz CT molecular complexity index is 762. The molecule has 1 N–H and O–H groups in total. The van der Waals surface area contributed by atoms with Gasteiger partial charge in [-0.15, -0.1) is 0 Å². The van der Waals surface area contributed by atoms with E-state index in [-0.39, 0.29) is 11.8 Å². The monoisotopic (exact) mass is 350 g/mol. The minimum atomic E-state index is 0.0771. The van der Waals surface area contributed by atoms with Crippen LogP contribution in [0.15, 0.2) is 54.6 Å². The Morgan fingerprint density at radius 2 is 2.04 bits per heavy atom. The number of amides is 1. The van der Waals surface area contributed by atoms with Crippen molar-refractivity contribution in [2.45, 2.75) is 37.9 Å². The standard InChI is InChI=1S/C22H26N2O2/c1-26-18-10-5-7-16(13-18)15-23-22(25)19-14-21(17-8-3-2-4-9-17)24-12-6-11-20(19)24/h2-5,7-10,13,19-21H,6,11-12,14-15H2,1H3,(H,23,25)/t19-,20+,21-/m1/s1. The molecule has 0 unspecified atom stereocenters. The number of carbonyl (C=O) groups is 1. The van der Waals surface area contributed by atoms with Gasteiger partial charge in [0.25, 0.3) is 0 Å². The lowest BCUT2D eigenvalue weighted by Gasteiger charge is -2.24. The average Bonchev–Trinajstić information content (AvgIpc) is 3.29. The largest absolute Gasteiger partial charge is 0.497 e. The highest BCUT2D eigenvalue weighted by molar-refractivity contribution is 5.80. The molecular formula is C22H26N2O2. The summed E-state index contributed by atoms with van der Waals surface area (Å²) in [5.74, 6) is 1.08. The molecule has 0 aliphatic carbocycles. The van der Waals surface area contributed by atoms with Crippen molar-refractivity contribution >= 4 is 5.91 Å². The van der Waals surface area contributed by atoms with Gasteiger partial charge < -0.3 is 10.1 Å². The summed E-state index contributed by atoms with van der Waals surface area (Å²) in [4.78, 5) is 15.5. The van der Waals surface area contributed by atoms with Crippen LogP contribution in [-0.4, -0.2) is 30.5 Å². The second-order valence-electron chi connectivity index (χ2n) is 7.29. The molecule has 2 saturated heterocycles. The van der Waals surface area contributed by atoms with Gasteiger partial charge in [-0.2, -0.15) is 0 Å². The number of fused-ring (bicyclic) bond motifs is 1. The fraction of sp³-hybridized carbons (Fsp3) is 0.409. The van der Waals surface area contributed by atoms with Gasteiger partial charge in [-0.25, -0.2) is 0 Å². The Hall–Kier alpha value is -2.33. The maximum absolute atomic E-state index is 12.9. The van der Waals surface area contributed by atoms with E-state index in [4.69, 9.17) is 4.74 Å². The van der Waals surface area contributed by atoms with Crippen LogP contribution in [-0.2, 0) is 11.3 Å². The number of nitrogens with one attached hydrogen (secondary N) is 1. The lowest BCUT2D eigenvalue weighted by Crippen LogP contribution is -2.37. The molecule has 2 heterocycles. The van der Waals surface area contributed by atoms with Crippen LogP contribution in [0.3, 0.4) is 0 Å². The molecule has 2 aromatic carbocycles. The molecule has 26 heavy (non-hydrogen) atoms. The molecule has 0 aromatic heterocycles. The van der Waals surface area contributed by atoms with Crippen LogP contribution in [0.4, 0.5) is 0 Å². The topological polar surface area (TPSA) is 41.6 Å². The Morgan fingerprint density at radius 1 is 1.19 bits per heavy atom. The third-order valence-electron chi connectivity index (χ3n) is 5.81. The first-order valence-corrected chi connectivity index (χ1v) is 9.47. The van der Waals surface area contributed by atoms with E-state index in [1.165, 1.54) is 12.0 Å². The van der Waals surface area contributed by atoms with Crippen molar-refractivity contribution in [1.82, 2.24) is 10.2 Å². The van der Waals surface area contributed by atoms with Crippen molar-refractivity contribution < 1.29 is 9.53 Å². The van der Waals surface area contributed by atoms with Crippen LogP contribution in [0.1, 0.15) is 36.4 Å². The van der Waals surface area contributed by atoms with Gasteiger partial charge in [-0.1, -0.05) is 42.5 Å². The van der Waals surface area contributed by atoms with Gasteiger partial charge in [0.15, 0.2) is 0 Å². The zero-order chi connectivity index (χ0) is 17.9. The predicted molar refractivity (Wildman–Crippen MR) is 102 cm³/mol. The molecule has 2 aromatic rings. The minimum Gasteiger partial charge on any atom is -0.497 e. The van der Waals surface area contributed by atoms with Crippen LogP contribution >= 0.6 is 0 Å². The first kappa shape index (κ1) is 17.1. The maximum Gasteiger partial charge on any atom is 0.225 e. The summed E-state index contributed by atoms with van der Waals surface area (Å²) in [7, 11) is 1.66. The molecule has 2 aliphatic heterocycles. The second kappa shape index (κ2) is 7.50. The molecule has 2 aliphatic rings. The molecule has 0 radical (unpaired) electrons. The molecule has 4 nitrogen and oxygen atoms in total. The molecule has 3 atom stereocenters. The summed E-state index contributed by atoms with van der Waals surface area (Å²) >= 11 is 0. The van der Waals surface area contributed by atoms with Gasteiger partial charge in [-0.05, 0) is 49.1 Å². The normalized spacial score (nSPS) is 25.0. The summed E-state index contributed by atoms with van der Waals surface area (Å²) in [6.45, 7) is 1.65. The lowest BCUT2D eigenvalue weighted by atomic mass is 9.93. The Kier molecular flexibility index (Phi) is 4.93. The number of nitrogens with zero attached hydrogens (tertiary/aromatic N) is 1. The van der Waals surface area contributed by atoms with Crippen molar-refractivity contribution in [1.29, 1.82) is 0 Å². The summed E-state index contributed by atoms with van der Waals surface area (Å²) in [5, 5.41) is 3.16. The van der Waals surface area contributed by atoms with Crippen LogP contribution < -0.4 is 10.1 Å². The van der Waals surface area contributed by atoms with Gasteiger partial charge in [0.05, 0.1) is 13.0 Å². The van der Waals surface area contributed by atoms with E-state index in [1.807, 2.05) is 24.3 Å². The smallest absolute Gasteiger partial charge is 0.225 e. The van der Waals surface area contributed by atoms with E-state index in [2.05, 4.69) is 40.5 Å². The molecule has 0 bridgehead atoms. The molecule has 1 amide bonds. The zero-order valence-electron chi connectivity index (χ0n) is 15.2. The molecule has 4 rings (SSSR count). The Morgan fingerprint density at radius 3 is 2.85 bits per heavy atom. The van der Waals surface area contributed by atoms with E-state index in [0.717, 1.165) is 30.7 Å². The zero-order valence-corrected chi connectivity index (χ0v) is 15.2. The van der Waals surface area contributed by atoms with Crippen LogP contribution in [0.25, 0.3) is 0 Å². The second-order valence-corrected chi connectivity index (χ2v) is 7.29. The van der Waals surface area contributed by atoms with Crippen LogP contribution in [0.2, 0.25) is 0 Å². The molecule has 4 heteroatoms. The van der Waals surface area contributed by atoms with Gasteiger partial charge in [0.1, 0.15) is 5.75 Å². The lowest BCUT2D eigenvalue weighted by molar-refractivity contribution is -0.125. The van der Waals surface area contributed by atoms with Crippen molar-refractivity contribution in [3.05, 3.63) is 65.7 Å². The fourth-order valence-corrected chi connectivity index (χ4v) is 4.55. The third-order valence-corrected chi connectivity index (χ3v) is 5.81. The van der Waals surface area contributed by atoms with Crippen molar-refractivity contribution in [3.63, 3.8) is 0 Å². The van der Waals surface area contributed by atoms with E-state index in [9.17, 15) is 4.79 Å². The van der Waals surface area contributed by atoms with Crippen molar-refractivity contribution in [2.24, 2.45) is 5.92 Å². The molecule has 0 spiro atoms. The molecule has 0 saturated carbocycles. The van der Waals surface area contributed by atoms with Crippen molar-refractivity contribution in [2.75, 3.05) is 13.7 Å². The van der Waals surface area contributed by atoms with Gasteiger partial charge in [0.2, 0.25) is 5.91 Å². The number of hydrogen-bond acceptors (Lipinski definition) is 3. The van der Waals surface area contributed by atoms with Gasteiger partial charge in [0, 0.05) is 18.6 Å². The average molecular weight is 350 g/mol. The first-order valence-electron chi connectivity index (χ1n) is 9.47. The maximum atomic E-state index is 12.9. The summed E-state index contributed by atoms with van der Waals surface area (Å²) in [6, 6.07) is 19.2. The highest BCUT2D eigenvalue weighted by Crippen LogP contribution is 2.44. The quantitative estimate of drug-likeness (QED) is 0.897. The van der Waals surface area contributed by atoms with Crippen molar-refractivity contribution in [3.8, 4) is 5.75 Å². The highest BCUT2D eigenvalue weighted by Gasteiger charge is 2.46. The number of ether oxygens (including phenoxy) is 1.